The van der Waals surface area contributed by atoms with Gasteiger partial charge >= 0.3 is 0 Å². The van der Waals surface area contributed by atoms with Crippen LogP contribution in [0.4, 0.5) is 0 Å². The Balaban J connectivity index is 1.93. The van der Waals surface area contributed by atoms with Crippen molar-refractivity contribution in [3.05, 3.63) is 29.6 Å². The Morgan fingerprint density at radius 1 is 1.45 bits per heavy atom. The zero-order valence-corrected chi connectivity index (χ0v) is 12.6. The van der Waals surface area contributed by atoms with Gasteiger partial charge in [0.15, 0.2) is 0 Å². The first-order valence-corrected chi connectivity index (χ1v) is 7.20. The zero-order valence-electron chi connectivity index (χ0n) is 12.6. The van der Waals surface area contributed by atoms with E-state index < -0.39 is 0 Å². The third kappa shape index (κ3) is 3.77. The van der Waals surface area contributed by atoms with Crippen LogP contribution in [-0.2, 0) is 11.3 Å². The van der Waals surface area contributed by atoms with Crippen molar-refractivity contribution in [3.8, 4) is 0 Å². The molecule has 0 aliphatic carbocycles. The van der Waals surface area contributed by atoms with E-state index >= 15 is 0 Å². The first-order chi connectivity index (χ1) is 9.58. The summed E-state index contributed by atoms with van der Waals surface area (Å²) < 4.78 is 0. The molecule has 1 aromatic heterocycles. The number of amides is 1. The van der Waals surface area contributed by atoms with Gasteiger partial charge in [-0.2, -0.15) is 0 Å². The van der Waals surface area contributed by atoms with Gasteiger partial charge in [0.2, 0.25) is 5.91 Å². The maximum absolute atomic E-state index is 12.4. The van der Waals surface area contributed by atoms with E-state index in [1.165, 1.54) is 0 Å². The largest absolute Gasteiger partial charge is 0.339 e. The average Bonchev–Trinajstić information content (AvgIpc) is 2.46. The van der Waals surface area contributed by atoms with E-state index in [9.17, 15) is 4.79 Å². The Labute approximate surface area is 121 Å². The number of rotatable bonds is 4. The lowest BCUT2D eigenvalue weighted by atomic mass is 10.2. The Morgan fingerprint density at radius 2 is 2.15 bits per heavy atom. The van der Waals surface area contributed by atoms with Crippen LogP contribution in [0.3, 0.4) is 0 Å². The molecule has 1 aliphatic rings. The van der Waals surface area contributed by atoms with Gasteiger partial charge in [-0.3, -0.25) is 14.7 Å². The third-order valence-corrected chi connectivity index (χ3v) is 3.80. The summed E-state index contributed by atoms with van der Waals surface area (Å²) in [5.41, 5.74) is 2.02. The van der Waals surface area contributed by atoms with Crippen molar-refractivity contribution in [3.63, 3.8) is 0 Å². The SMILES string of the molecule is Cc1cccc(CN(C)C(C)C(=O)N2CCNCC2)n1. The molecule has 1 N–H and O–H groups in total. The topological polar surface area (TPSA) is 48.5 Å². The van der Waals surface area contributed by atoms with Crippen LogP contribution in [0.2, 0.25) is 0 Å². The lowest BCUT2D eigenvalue weighted by molar-refractivity contribution is -0.136. The van der Waals surface area contributed by atoms with Gasteiger partial charge < -0.3 is 10.2 Å². The minimum absolute atomic E-state index is 0.115. The summed E-state index contributed by atoms with van der Waals surface area (Å²) in [5, 5.41) is 3.27. The molecule has 0 aromatic carbocycles. The second-order valence-electron chi connectivity index (χ2n) is 5.44. The number of hydrogen-bond acceptors (Lipinski definition) is 4. The second kappa shape index (κ2) is 6.81. The molecule has 5 nitrogen and oxygen atoms in total. The van der Waals surface area contributed by atoms with Crippen molar-refractivity contribution in [1.29, 1.82) is 0 Å². The summed E-state index contributed by atoms with van der Waals surface area (Å²) >= 11 is 0. The monoisotopic (exact) mass is 276 g/mol. The van der Waals surface area contributed by atoms with Gasteiger partial charge in [0.1, 0.15) is 0 Å². The zero-order chi connectivity index (χ0) is 14.5. The van der Waals surface area contributed by atoms with Crippen LogP contribution >= 0.6 is 0 Å². The summed E-state index contributed by atoms with van der Waals surface area (Å²) in [7, 11) is 1.98. The van der Waals surface area contributed by atoms with Crippen LogP contribution in [0.25, 0.3) is 0 Å². The van der Waals surface area contributed by atoms with Gasteiger partial charge in [-0.15, -0.1) is 0 Å². The van der Waals surface area contributed by atoms with Crippen molar-refractivity contribution in [1.82, 2.24) is 20.1 Å². The molecule has 1 unspecified atom stereocenters. The number of aromatic nitrogens is 1. The molecule has 2 heterocycles. The Hall–Kier alpha value is -1.46. The fraction of sp³-hybridized carbons (Fsp3) is 0.600. The summed E-state index contributed by atoms with van der Waals surface area (Å²) in [6, 6.07) is 5.88. The molecule has 1 aromatic rings. The molecule has 5 heteroatoms. The number of piperazine rings is 1. The third-order valence-electron chi connectivity index (χ3n) is 3.80. The minimum Gasteiger partial charge on any atom is -0.339 e. The maximum Gasteiger partial charge on any atom is 0.239 e. The lowest BCUT2D eigenvalue weighted by Crippen LogP contribution is -2.52. The molecular weight excluding hydrogens is 252 g/mol. The molecular formula is C15H24N4O. The van der Waals surface area contributed by atoms with Crippen LogP contribution in [0.1, 0.15) is 18.3 Å². The van der Waals surface area contributed by atoms with Crippen molar-refractivity contribution in [2.45, 2.75) is 26.4 Å². The van der Waals surface area contributed by atoms with Gasteiger partial charge in [-0.1, -0.05) is 6.07 Å². The first kappa shape index (κ1) is 14.9. The maximum atomic E-state index is 12.4. The Bertz CT molecular complexity index is 457. The smallest absolute Gasteiger partial charge is 0.239 e. The number of aryl methyl sites for hydroxylation is 1. The molecule has 0 radical (unpaired) electrons. The summed E-state index contributed by atoms with van der Waals surface area (Å²) in [5.74, 6) is 0.210. The van der Waals surface area contributed by atoms with Crippen LogP contribution in [0.5, 0.6) is 0 Å². The van der Waals surface area contributed by atoms with E-state index in [0.717, 1.165) is 37.6 Å². The molecule has 1 saturated heterocycles. The summed E-state index contributed by atoms with van der Waals surface area (Å²) in [6.07, 6.45) is 0. The molecule has 0 bridgehead atoms. The highest BCUT2D eigenvalue weighted by molar-refractivity contribution is 5.81. The van der Waals surface area contributed by atoms with Crippen molar-refractivity contribution >= 4 is 5.91 Å². The summed E-state index contributed by atoms with van der Waals surface area (Å²) in [4.78, 5) is 20.9. The molecule has 20 heavy (non-hydrogen) atoms. The van der Waals surface area contributed by atoms with E-state index in [2.05, 4.69) is 15.2 Å². The van der Waals surface area contributed by atoms with Crippen LogP contribution < -0.4 is 5.32 Å². The molecule has 1 fully saturated rings. The van der Waals surface area contributed by atoms with Crippen LogP contribution in [-0.4, -0.2) is 60.0 Å². The quantitative estimate of drug-likeness (QED) is 0.877. The molecule has 1 aliphatic heterocycles. The van der Waals surface area contributed by atoms with E-state index in [1.54, 1.807) is 0 Å². The van der Waals surface area contributed by atoms with E-state index in [4.69, 9.17) is 0 Å². The standard InChI is InChI=1S/C15H24N4O/c1-12-5-4-6-14(17-12)11-18(3)13(2)15(20)19-9-7-16-8-10-19/h4-6,13,16H,7-11H2,1-3H3. The van der Waals surface area contributed by atoms with Crippen LogP contribution in [0, 0.1) is 6.92 Å². The number of carbonyl (C=O) groups excluding carboxylic acids is 1. The highest BCUT2D eigenvalue weighted by Gasteiger charge is 2.25. The first-order valence-electron chi connectivity index (χ1n) is 7.20. The molecule has 0 spiro atoms. The molecule has 1 amide bonds. The van der Waals surface area contributed by atoms with E-state index in [1.807, 2.05) is 44.0 Å². The number of likely N-dealkylation sites (N-methyl/N-ethyl adjacent to an activating group) is 1. The van der Waals surface area contributed by atoms with Gasteiger partial charge in [-0.25, -0.2) is 0 Å². The van der Waals surface area contributed by atoms with Gasteiger partial charge in [0, 0.05) is 38.4 Å². The predicted molar refractivity (Wildman–Crippen MR) is 79.4 cm³/mol. The Morgan fingerprint density at radius 3 is 2.80 bits per heavy atom. The predicted octanol–water partition coefficient (Wildman–Crippen LogP) is 0.642. The molecule has 2 rings (SSSR count). The minimum atomic E-state index is -0.115. The number of nitrogens with one attached hydrogen (secondary N) is 1. The average molecular weight is 276 g/mol. The second-order valence-corrected chi connectivity index (χ2v) is 5.44. The van der Waals surface area contributed by atoms with Crippen molar-refractivity contribution < 1.29 is 4.79 Å². The molecule has 110 valence electrons. The van der Waals surface area contributed by atoms with Crippen LogP contribution in [0.15, 0.2) is 18.2 Å². The number of nitrogens with zero attached hydrogens (tertiary/aromatic N) is 3. The molecule has 1 atom stereocenters. The van der Waals surface area contributed by atoms with Crippen molar-refractivity contribution in [2.75, 3.05) is 33.2 Å². The fourth-order valence-corrected chi connectivity index (χ4v) is 2.42. The number of pyridine rings is 1. The van der Waals surface area contributed by atoms with Crippen molar-refractivity contribution in [2.24, 2.45) is 0 Å². The lowest BCUT2D eigenvalue weighted by Gasteiger charge is -2.33. The normalized spacial score (nSPS) is 17.3. The fourth-order valence-electron chi connectivity index (χ4n) is 2.42. The summed E-state index contributed by atoms with van der Waals surface area (Å²) in [6.45, 7) is 8.04. The van der Waals surface area contributed by atoms with Gasteiger partial charge in [0.25, 0.3) is 0 Å². The van der Waals surface area contributed by atoms with Gasteiger partial charge in [0.05, 0.1) is 11.7 Å². The molecule has 0 saturated carbocycles. The number of carbonyl (C=O) groups is 1. The van der Waals surface area contributed by atoms with Gasteiger partial charge in [-0.05, 0) is 33.0 Å². The highest BCUT2D eigenvalue weighted by Crippen LogP contribution is 2.08. The van der Waals surface area contributed by atoms with E-state index in [0.29, 0.717) is 6.54 Å². The Kier molecular flexibility index (Phi) is 5.09. The van der Waals surface area contributed by atoms with E-state index in [-0.39, 0.29) is 11.9 Å². The number of hydrogen-bond donors (Lipinski definition) is 1. The highest BCUT2D eigenvalue weighted by atomic mass is 16.2.